The number of rotatable bonds is 3. The van der Waals surface area contributed by atoms with Crippen LogP contribution in [0, 0.1) is 11.8 Å². The van der Waals surface area contributed by atoms with E-state index in [1.165, 1.54) is 11.3 Å². The van der Waals surface area contributed by atoms with E-state index < -0.39 is 0 Å². The summed E-state index contributed by atoms with van der Waals surface area (Å²) in [4.78, 5) is 22.3. The Balaban J connectivity index is 1.31. The molecule has 6 heteroatoms. The topological polar surface area (TPSA) is 77.7 Å². The molecule has 0 spiro atoms. The molecule has 0 bridgehead atoms. The molecule has 1 saturated heterocycles. The van der Waals surface area contributed by atoms with E-state index in [1.54, 1.807) is 6.20 Å². The first-order valence-corrected chi connectivity index (χ1v) is 8.58. The minimum Gasteiger partial charge on any atom is -0.349 e. The van der Waals surface area contributed by atoms with Gasteiger partial charge in [-0.2, -0.15) is 5.10 Å². The van der Waals surface area contributed by atoms with Gasteiger partial charge in [0, 0.05) is 43.5 Å². The number of hydrogen-bond acceptors (Lipinski definition) is 3. The largest absolute Gasteiger partial charge is 0.349 e. The van der Waals surface area contributed by atoms with Crippen molar-refractivity contribution >= 4 is 5.91 Å². The minimum absolute atomic E-state index is 0.140. The first kappa shape index (κ1) is 14.5. The summed E-state index contributed by atoms with van der Waals surface area (Å²) in [6.07, 6.45) is 11.5. The second-order valence-corrected chi connectivity index (χ2v) is 6.82. The number of carbonyl (C=O) groups excluding carboxylic acids is 1. The van der Waals surface area contributed by atoms with Crippen molar-refractivity contribution in [2.75, 3.05) is 13.1 Å². The molecule has 0 saturated carbocycles. The molecule has 1 unspecified atom stereocenters. The van der Waals surface area contributed by atoms with Crippen molar-refractivity contribution in [3.05, 3.63) is 35.7 Å². The zero-order valence-corrected chi connectivity index (χ0v) is 13.3. The molecule has 0 aromatic carbocycles. The summed E-state index contributed by atoms with van der Waals surface area (Å²) in [5.41, 5.74) is 2.44. The fraction of sp³-hybridized carbons (Fsp3) is 0.588. The molecule has 4 rings (SSSR count). The van der Waals surface area contributed by atoms with E-state index in [-0.39, 0.29) is 5.92 Å². The van der Waals surface area contributed by atoms with Crippen molar-refractivity contribution in [2.24, 2.45) is 11.8 Å². The van der Waals surface area contributed by atoms with Gasteiger partial charge < -0.3 is 9.88 Å². The van der Waals surface area contributed by atoms with Crippen LogP contribution in [0.1, 0.15) is 36.3 Å². The second-order valence-electron chi connectivity index (χ2n) is 6.82. The van der Waals surface area contributed by atoms with Crippen molar-refractivity contribution in [1.82, 2.24) is 25.1 Å². The number of nitrogens with one attached hydrogen (secondary N) is 2. The lowest BCUT2D eigenvalue weighted by Crippen LogP contribution is -2.43. The van der Waals surface area contributed by atoms with Gasteiger partial charge in [-0.25, -0.2) is 4.98 Å². The van der Waals surface area contributed by atoms with Crippen molar-refractivity contribution in [3.8, 4) is 0 Å². The van der Waals surface area contributed by atoms with Gasteiger partial charge in [-0.15, -0.1) is 0 Å². The number of aromatic nitrogens is 4. The molecule has 1 atom stereocenters. The lowest BCUT2D eigenvalue weighted by Gasteiger charge is -2.35. The summed E-state index contributed by atoms with van der Waals surface area (Å²) in [5.74, 6) is 2.18. The Morgan fingerprint density at radius 3 is 2.96 bits per heavy atom. The highest BCUT2D eigenvalue weighted by atomic mass is 16.2. The number of fused-ring (bicyclic) bond motifs is 1. The van der Waals surface area contributed by atoms with Crippen molar-refractivity contribution in [2.45, 2.75) is 38.5 Å². The fourth-order valence-corrected chi connectivity index (χ4v) is 3.93. The molecule has 6 nitrogen and oxygen atoms in total. The summed E-state index contributed by atoms with van der Waals surface area (Å²) < 4.78 is 0. The predicted octanol–water partition coefficient (Wildman–Crippen LogP) is 1.72. The van der Waals surface area contributed by atoms with Gasteiger partial charge in [-0.05, 0) is 43.6 Å². The van der Waals surface area contributed by atoms with Gasteiger partial charge in [-0.1, -0.05) is 0 Å². The summed E-state index contributed by atoms with van der Waals surface area (Å²) in [7, 11) is 0. The number of aryl methyl sites for hydroxylation is 1. The Morgan fingerprint density at radius 1 is 1.30 bits per heavy atom. The van der Waals surface area contributed by atoms with Gasteiger partial charge in [0.2, 0.25) is 5.91 Å². The molecule has 0 radical (unpaired) electrons. The summed E-state index contributed by atoms with van der Waals surface area (Å²) in [6, 6.07) is 0. The van der Waals surface area contributed by atoms with Gasteiger partial charge in [0.05, 0.1) is 6.20 Å². The number of amides is 1. The fourth-order valence-electron chi connectivity index (χ4n) is 3.93. The molecule has 1 fully saturated rings. The van der Waals surface area contributed by atoms with Crippen LogP contribution in [0.5, 0.6) is 0 Å². The lowest BCUT2D eigenvalue weighted by molar-refractivity contribution is -0.137. The quantitative estimate of drug-likeness (QED) is 0.905. The van der Waals surface area contributed by atoms with E-state index in [9.17, 15) is 4.79 Å². The van der Waals surface area contributed by atoms with Crippen molar-refractivity contribution in [3.63, 3.8) is 0 Å². The van der Waals surface area contributed by atoms with Crippen LogP contribution in [0.15, 0.2) is 18.6 Å². The van der Waals surface area contributed by atoms with Crippen LogP contribution >= 0.6 is 0 Å². The minimum atomic E-state index is 0.140. The maximum absolute atomic E-state index is 12.8. The number of hydrogen-bond donors (Lipinski definition) is 2. The van der Waals surface area contributed by atoms with Gasteiger partial charge in [0.15, 0.2) is 0 Å². The number of imidazole rings is 1. The molecule has 3 heterocycles. The van der Waals surface area contributed by atoms with Gasteiger partial charge >= 0.3 is 0 Å². The molecule has 1 amide bonds. The Bertz CT molecular complexity index is 654. The van der Waals surface area contributed by atoms with Crippen LogP contribution < -0.4 is 0 Å². The standard InChI is InChI=1S/C17H23N5O/c23-17(13-1-2-15-14(10-13)11-20-21-15)22-7-3-12(4-8-22)9-16-18-5-6-19-16/h5-6,11-13H,1-4,7-10H2,(H,18,19)(H,20,21). The van der Waals surface area contributed by atoms with Crippen LogP contribution in [-0.2, 0) is 24.1 Å². The van der Waals surface area contributed by atoms with Gasteiger partial charge in [0.1, 0.15) is 5.82 Å². The van der Waals surface area contributed by atoms with Crippen LogP contribution in [0.2, 0.25) is 0 Å². The summed E-state index contributed by atoms with van der Waals surface area (Å²) in [5, 5.41) is 7.14. The first-order chi connectivity index (χ1) is 11.3. The van der Waals surface area contributed by atoms with Crippen molar-refractivity contribution in [1.29, 1.82) is 0 Å². The SMILES string of the molecule is O=C(C1CCc2[nH]ncc2C1)N1CCC(Cc2ncc[nH]2)CC1. The summed E-state index contributed by atoms with van der Waals surface area (Å²) in [6.45, 7) is 1.78. The molecule has 2 aliphatic rings. The van der Waals surface area contributed by atoms with Crippen LogP contribution in [0.3, 0.4) is 0 Å². The first-order valence-electron chi connectivity index (χ1n) is 8.58. The number of piperidine rings is 1. The highest BCUT2D eigenvalue weighted by Crippen LogP contribution is 2.27. The molecule has 2 aromatic heterocycles. The number of H-pyrrole nitrogens is 2. The maximum Gasteiger partial charge on any atom is 0.226 e. The number of carbonyl (C=O) groups is 1. The monoisotopic (exact) mass is 313 g/mol. The van der Waals surface area contributed by atoms with E-state index >= 15 is 0 Å². The Kier molecular flexibility index (Phi) is 3.89. The Labute approximate surface area is 135 Å². The van der Waals surface area contributed by atoms with E-state index in [0.717, 1.165) is 57.4 Å². The molecule has 122 valence electrons. The van der Waals surface area contributed by atoms with Crippen LogP contribution in [0.4, 0.5) is 0 Å². The zero-order valence-electron chi connectivity index (χ0n) is 13.3. The van der Waals surface area contributed by atoms with Crippen molar-refractivity contribution < 1.29 is 4.79 Å². The second kappa shape index (κ2) is 6.18. The molecule has 1 aliphatic heterocycles. The molecular formula is C17H23N5O. The highest BCUT2D eigenvalue weighted by Gasteiger charge is 2.31. The van der Waals surface area contributed by atoms with E-state index in [1.807, 2.05) is 12.4 Å². The number of likely N-dealkylation sites (tertiary alicyclic amines) is 1. The van der Waals surface area contributed by atoms with Gasteiger partial charge in [-0.3, -0.25) is 9.89 Å². The molecule has 2 aromatic rings. The third kappa shape index (κ3) is 3.02. The molecule has 1 aliphatic carbocycles. The lowest BCUT2D eigenvalue weighted by atomic mass is 9.85. The molecule has 23 heavy (non-hydrogen) atoms. The zero-order chi connectivity index (χ0) is 15.6. The third-order valence-corrected chi connectivity index (χ3v) is 5.33. The average molecular weight is 313 g/mol. The van der Waals surface area contributed by atoms with Gasteiger partial charge in [0.25, 0.3) is 0 Å². The number of aromatic amines is 2. The van der Waals surface area contributed by atoms with E-state index in [0.29, 0.717) is 11.8 Å². The molecule has 2 N–H and O–H groups in total. The smallest absolute Gasteiger partial charge is 0.226 e. The summed E-state index contributed by atoms with van der Waals surface area (Å²) >= 11 is 0. The maximum atomic E-state index is 12.8. The Hall–Kier alpha value is -2.11. The van der Waals surface area contributed by atoms with E-state index in [4.69, 9.17) is 0 Å². The predicted molar refractivity (Wildman–Crippen MR) is 85.7 cm³/mol. The van der Waals surface area contributed by atoms with Crippen LogP contribution in [-0.4, -0.2) is 44.1 Å². The highest BCUT2D eigenvalue weighted by molar-refractivity contribution is 5.79. The Morgan fingerprint density at radius 2 is 2.17 bits per heavy atom. The van der Waals surface area contributed by atoms with E-state index in [2.05, 4.69) is 25.1 Å². The normalized spacial score (nSPS) is 22.1. The molecular weight excluding hydrogens is 290 g/mol. The number of nitrogens with zero attached hydrogens (tertiary/aromatic N) is 3. The van der Waals surface area contributed by atoms with Crippen LogP contribution in [0.25, 0.3) is 0 Å². The average Bonchev–Trinajstić information content (AvgIpc) is 3.25. The third-order valence-electron chi connectivity index (χ3n) is 5.33.